The first-order valence-electron chi connectivity index (χ1n) is 12.3. The smallest absolute Gasteiger partial charge is 0.257 e. The van der Waals surface area contributed by atoms with Gasteiger partial charge in [-0.2, -0.15) is 0 Å². The van der Waals surface area contributed by atoms with E-state index in [4.69, 9.17) is 11.6 Å². The molecule has 0 aliphatic heterocycles. The van der Waals surface area contributed by atoms with E-state index in [0.29, 0.717) is 27.2 Å². The maximum atomic E-state index is 13.6. The van der Waals surface area contributed by atoms with Gasteiger partial charge in [-0.1, -0.05) is 45.2 Å². The van der Waals surface area contributed by atoms with Crippen LogP contribution in [-0.4, -0.2) is 16.0 Å². The van der Waals surface area contributed by atoms with Crippen LogP contribution in [0.3, 0.4) is 0 Å². The summed E-state index contributed by atoms with van der Waals surface area (Å²) in [6, 6.07) is 5.34. The van der Waals surface area contributed by atoms with Crippen LogP contribution in [0.5, 0.6) is 0 Å². The summed E-state index contributed by atoms with van der Waals surface area (Å²) in [6.45, 7) is 7.74. The lowest BCUT2D eigenvalue weighted by atomic mass is 9.43. The van der Waals surface area contributed by atoms with Gasteiger partial charge in [-0.3, -0.25) is 9.59 Å². The molecule has 1 amide bonds. The molecule has 4 fully saturated rings. The first-order chi connectivity index (χ1) is 15.1. The van der Waals surface area contributed by atoms with Gasteiger partial charge in [0.2, 0.25) is 5.43 Å². The summed E-state index contributed by atoms with van der Waals surface area (Å²) in [6.07, 6.45) is 11.9. The Morgan fingerprint density at radius 3 is 2.50 bits per heavy atom. The molecule has 2 unspecified atom stereocenters. The normalized spacial score (nSPS) is 33.1. The van der Waals surface area contributed by atoms with Crippen LogP contribution in [0.15, 0.2) is 29.2 Å². The summed E-state index contributed by atoms with van der Waals surface area (Å²) in [5, 5.41) is 4.60. The second-order valence-electron chi connectivity index (χ2n) is 11.8. The Labute approximate surface area is 195 Å². The number of halogens is 1. The van der Waals surface area contributed by atoms with Crippen molar-refractivity contribution in [1.82, 2.24) is 9.88 Å². The zero-order chi connectivity index (χ0) is 22.7. The highest BCUT2D eigenvalue weighted by atomic mass is 35.5. The van der Waals surface area contributed by atoms with Crippen molar-refractivity contribution in [1.29, 1.82) is 0 Å². The third kappa shape index (κ3) is 3.79. The Hall–Kier alpha value is -1.81. The zero-order valence-electron chi connectivity index (χ0n) is 19.6. The fourth-order valence-electron chi connectivity index (χ4n) is 8.14. The van der Waals surface area contributed by atoms with Crippen molar-refractivity contribution in [3.63, 3.8) is 0 Å². The van der Waals surface area contributed by atoms with Gasteiger partial charge in [0.15, 0.2) is 0 Å². The number of nitrogens with zero attached hydrogens (tertiary/aromatic N) is 1. The molecule has 6 rings (SSSR count). The molecule has 4 nitrogen and oxygen atoms in total. The maximum absolute atomic E-state index is 13.6. The molecule has 1 heterocycles. The third-order valence-electron chi connectivity index (χ3n) is 8.30. The molecule has 4 atom stereocenters. The second kappa shape index (κ2) is 7.62. The fraction of sp³-hybridized carbons (Fsp3) is 0.630. The quantitative estimate of drug-likeness (QED) is 0.519. The maximum Gasteiger partial charge on any atom is 0.257 e. The molecule has 1 N–H and O–H groups in total. The van der Waals surface area contributed by atoms with Crippen molar-refractivity contribution in [2.45, 2.75) is 90.6 Å². The first-order valence-corrected chi connectivity index (χ1v) is 12.7. The van der Waals surface area contributed by atoms with Crippen LogP contribution in [0.1, 0.15) is 88.9 Å². The third-order valence-corrected chi connectivity index (χ3v) is 8.53. The molecule has 172 valence electrons. The molecule has 4 aliphatic rings. The van der Waals surface area contributed by atoms with Gasteiger partial charge in [-0.15, -0.1) is 0 Å². The minimum atomic E-state index is -0.203. The molecule has 4 aliphatic carbocycles. The Bertz CT molecular complexity index is 1120. The van der Waals surface area contributed by atoms with Crippen LogP contribution in [0.25, 0.3) is 10.9 Å². The highest BCUT2D eigenvalue weighted by Gasteiger charge is 2.60. The Morgan fingerprint density at radius 1 is 1.12 bits per heavy atom. The fourth-order valence-corrected chi connectivity index (χ4v) is 8.30. The molecule has 1 aromatic heterocycles. The number of aromatic nitrogens is 1. The number of carbonyl (C=O) groups excluding carboxylic acids is 1. The standard InChI is InChI=1S/C27H35ClN2O2/c1-4-5-6-9-30-14-21(23(31)20-8-7-19(28)10-22(20)30)24(32)29-27-13-18-11-25(2,16-27)15-26(3,12-18)17-27/h7-8,10,14,18H,4-6,9,11-13,15-17H2,1-3H3,(H,29,32)/t18?,25-,26+,27?. The van der Waals surface area contributed by atoms with Gasteiger partial charge in [0.25, 0.3) is 5.91 Å². The van der Waals surface area contributed by atoms with Crippen molar-refractivity contribution in [2.24, 2.45) is 16.7 Å². The van der Waals surface area contributed by atoms with Crippen LogP contribution < -0.4 is 10.7 Å². The molecule has 32 heavy (non-hydrogen) atoms. The molecule has 1 aromatic carbocycles. The van der Waals surface area contributed by atoms with E-state index in [0.717, 1.165) is 50.6 Å². The number of rotatable bonds is 6. The van der Waals surface area contributed by atoms with E-state index in [9.17, 15) is 9.59 Å². The monoisotopic (exact) mass is 454 g/mol. The van der Waals surface area contributed by atoms with E-state index in [-0.39, 0.29) is 22.4 Å². The average molecular weight is 455 g/mol. The van der Waals surface area contributed by atoms with E-state index in [1.54, 1.807) is 18.3 Å². The van der Waals surface area contributed by atoms with Crippen LogP contribution in [0.2, 0.25) is 5.02 Å². The molecule has 2 aromatic rings. The van der Waals surface area contributed by atoms with Crippen LogP contribution >= 0.6 is 11.6 Å². The summed E-state index contributed by atoms with van der Waals surface area (Å²) in [5.74, 6) is 0.483. The van der Waals surface area contributed by atoms with E-state index in [1.165, 1.54) is 19.3 Å². The Morgan fingerprint density at radius 2 is 1.84 bits per heavy atom. The minimum Gasteiger partial charge on any atom is -0.346 e. The van der Waals surface area contributed by atoms with Gasteiger partial charge in [-0.05, 0) is 79.9 Å². The van der Waals surface area contributed by atoms with Gasteiger partial charge in [0.1, 0.15) is 5.56 Å². The number of pyridine rings is 1. The number of nitrogens with one attached hydrogen (secondary N) is 1. The number of carbonyl (C=O) groups is 1. The summed E-state index contributed by atoms with van der Waals surface area (Å²) in [5.41, 5.74) is 1.33. The molecule has 0 radical (unpaired) electrons. The van der Waals surface area contributed by atoms with Crippen molar-refractivity contribution < 1.29 is 4.79 Å². The van der Waals surface area contributed by atoms with Gasteiger partial charge in [-0.25, -0.2) is 0 Å². The number of benzene rings is 1. The van der Waals surface area contributed by atoms with Crippen molar-refractivity contribution >= 4 is 28.4 Å². The van der Waals surface area contributed by atoms with E-state index in [2.05, 4.69) is 30.7 Å². The van der Waals surface area contributed by atoms with Crippen molar-refractivity contribution in [2.75, 3.05) is 0 Å². The molecular weight excluding hydrogens is 420 g/mol. The molecule has 5 heteroatoms. The average Bonchev–Trinajstić information content (AvgIpc) is 2.66. The van der Waals surface area contributed by atoms with Gasteiger partial charge in [0, 0.05) is 28.7 Å². The first kappa shape index (κ1) is 22.0. The van der Waals surface area contributed by atoms with Crippen LogP contribution in [-0.2, 0) is 6.54 Å². The van der Waals surface area contributed by atoms with E-state index in [1.807, 2.05) is 6.07 Å². The Kier molecular flexibility index (Phi) is 5.24. The van der Waals surface area contributed by atoms with Crippen LogP contribution in [0, 0.1) is 16.7 Å². The number of aryl methyl sites for hydroxylation is 1. The SMILES string of the molecule is CCCCCn1cc(C(=O)NC23CC4C[C@@](C)(C2)C[C@](C)(C4)C3)c(=O)c2ccc(Cl)cc21. The molecule has 4 bridgehead atoms. The van der Waals surface area contributed by atoms with Gasteiger partial charge < -0.3 is 9.88 Å². The highest BCUT2D eigenvalue weighted by Crippen LogP contribution is 2.66. The van der Waals surface area contributed by atoms with Gasteiger partial charge in [0.05, 0.1) is 5.52 Å². The Balaban J connectivity index is 1.50. The lowest BCUT2D eigenvalue weighted by Gasteiger charge is -2.65. The zero-order valence-corrected chi connectivity index (χ0v) is 20.4. The van der Waals surface area contributed by atoms with Gasteiger partial charge >= 0.3 is 0 Å². The van der Waals surface area contributed by atoms with E-state index < -0.39 is 0 Å². The van der Waals surface area contributed by atoms with Crippen LogP contribution in [0.4, 0.5) is 0 Å². The number of amides is 1. The molecule has 0 spiro atoms. The van der Waals surface area contributed by atoms with Crippen molar-refractivity contribution in [3.8, 4) is 0 Å². The topological polar surface area (TPSA) is 51.1 Å². The largest absolute Gasteiger partial charge is 0.346 e. The van der Waals surface area contributed by atoms with Crippen molar-refractivity contribution in [3.05, 3.63) is 45.2 Å². The molecule has 0 saturated heterocycles. The second-order valence-corrected chi connectivity index (χ2v) is 12.2. The number of hydrogen-bond acceptors (Lipinski definition) is 2. The lowest BCUT2D eigenvalue weighted by molar-refractivity contribution is -0.114. The lowest BCUT2D eigenvalue weighted by Crippen LogP contribution is -2.65. The summed E-state index contributed by atoms with van der Waals surface area (Å²) in [7, 11) is 0. The predicted octanol–water partition coefficient (Wildman–Crippen LogP) is 6.32. The number of unbranched alkanes of at least 4 members (excludes halogenated alkanes) is 2. The van der Waals surface area contributed by atoms with E-state index >= 15 is 0 Å². The predicted molar refractivity (Wildman–Crippen MR) is 130 cm³/mol. The molecule has 4 saturated carbocycles. The number of fused-ring (bicyclic) bond motifs is 1. The summed E-state index contributed by atoms with van der Waals surface area (Å²) in [4.78, 5) is 27.0. The number of hydrogen-bond donors (Lipinski definition) is 1. The minimum absolute atomic E-state index is 0.172. The summed E-state index contributed by atoms with van der Waals surface area (Å²) < 4.78 is 2.05. The molecular formula is C27H35ClN2O2. The summed E-state index contributed by atoms with van der Waals surface area (Å²) >= 11 is 6.24. The highest BCUT2D eigenvalue weighted by molar-refractivity contribution is 6.31.